The maximum absolute atomic E-state index is 12.8. The number of likely N-dealkylation sites (tertiary alicyclic amines) is 1. The van der Waals surface area contributed by atoms with Crippen LogP contribution in [0.25, 0.3) is 0 Å². The lowest BCUT2D eigenvalue weighted by Gasteiger charge is -2.35. The van der Waals surface area contributed by atoms with Gasteiger partial charge in [-0.3, -0.25) is 9.78 Å². The summed E-state index contributed by atoms with van der Waals surface area (Å²) in [4.78, 5) is 21.5. The molecule has 2 fully saturated rings. The Morgan fingerprint density at radius 2 is 2.00 bits per heavy atom. The summed E-state index contributed by atoms with van der Waals surface area (Å²) in [6.07, 6.45) is 8.81. The van der Waals surface area contributed by atoms with Gasteiger partial charge in [-0.25, -0.2) is 0 Å². The molecular formula is C17H25N3O. The van der Waals surface area contributed by atoms with Crippen molar-refractivity contribution < 1.29 is 4.79 Å². The number of anilines is 1. The SMILES string of the molecule is CCC1CCCCN1C(=O)c1cc(N2CCCC2)ccn1. The number of amides is 1. The van der Waals surface area contributed by atoms with Crippen LogP contribution in [0, 0.1) is 0 Å². The second kappa shape index (κ2) is 6.46. The lowest BCUT2D eigenvalue weighted by atomic mass is 9.99. The first-order valence-corrected chi connectivity index (χ1v) is 8.31. The minimum Gasteiger partial charge on any atom is -0.371 e. The maximum Gasteiger partial charge on any atom is 0.272 e. The second-order valence-electron chi connectivity index (χ2n) is 6.15. The molecule has 21 heavy (non-hydrogen) atoms. The van der Waals surface area contributed by atoms with Gasteiger partial charge >= 0.3 is 0 Å². The molecule has 1 atom stereocenters. The van der Waals surface area contributed by atoms with Crippen LogP contribution in [0.5, 0.6) is 0 Å². The first kappa shape index (κ1) is 14.4. The Morgan fingerprint density at radius 3 is 2.76 bits per heavy atom. The molecule has 2 saturated heterocycles. The summed E-state index contributed by atoms with van der Waals surface area (Å²) >= 11 is 0. The Bertz CT molecular complexity index is 497. The van der Waals surface area contributed by atoms with Gasteiger partial charge in [-0.2, -0.15) is 0 Å². The fourth-order valence-electron chi connectivity index (χ4n) is 3.55. The summed E-state index contributed by atoms with van der Waals surface area (Å²) in [6.45, 7) is 5.25. The van der Waals surface area contributed by atoms with Crippen molar-refractivity contribution in [1.82, 2.24) is 9.88 Å². The number of pyridine rings is 1. The minimum atomic E-state index is 0.114. The van der Waals surface area contributed by atoms with E-state index in [1.54, 1.807) is 6.20 Å². The van der Waals surface area contributed by atoms with Crippen LogP contribution in [0.3, 0.4) is 0 Å². The van der Waals surface area contributed by atoms with Gasteiger partial charge in [-0.05, 0) is 50.7 Å². The quantitative estimate of drug-likeness (QED) is 0.857. The number of hydrogen-bond donors (Lipinski definition) is 0. The fourth-order valence-corrected chi connectivity index (χ4v) is 3.55. The molecule has 0 aliphatic carbocycles. The highest BCUT2D eigenvalue weighted by Crippen LogP contribution is 2.24. The predicted octanol–water partition coefficient (Wildman–Crippen LogP) is 3.09. The third-order valence-corrected chi connectivity index (χ3v) is 4.79. The van der Waals surface area contributed by atoms with Crippen molar-refractivity contribution >= 4 is 11.6 Å². The first-order chi connectivity index (χ1) is 10.3. The van der Waals surface area contributed by atoms with Gasteiger partial charge in [0.2, 0.25) is 0 Å². The van der Waals surface area contributed by atoms with E-state index in [1.165, 1.54) is 19.3 Å². The molecule has 0 aromatic carbocycles. The first-order valence-electron chi connectivity index (χ1n) is 8.31. The third kappa shape index (κ3) is 3.04. The van der Waals surface area contributed by atoms with E-state index in [0.717, 1.165) is 44.6 Å². The Balaban J connectivity index is 1.78. The molecule has 0 saturated carbocycles. The van der Waals surface area contributed by atoms with E-state index in [2.05, 4.69) is 16.8 Å². The van der Waals surface area contributed by atoms with Gasteiger partial charge in [-0.15, -0.1) is 0 Å². The number of carbonyl (C=O) groups excluding carboxylic acids is 1. The molecule has 2 aliphatic rings. The van der Waals surface area contributed by atoms with Crippen LogP contribution in [0.1, 0.15) is 55.9 Å². The Morgan fingerprint density at radius 1 is 1.24 bits per heavy atom. The zero-order valence-electron chi connectivity index (χ0n) is 12.9. The van der Waals surface area contributed by atoms with Gasteiger partial charge < -0.3 is 9.80 Å². The zero-order chi connectivity index (χ0) is 14.7. The van der Waals surface area contributed by atoms with Gasteiger partial charge in [0.25, 0.3) is 5.91 Å². The number of aromatic nitrogens is 1. The lowest BCUT2D eigenvalue weighted by Crippen LogP contribution is -2.43. The summed E-state index contributed by atoms with van der Waals surface area (Å²) in [5, 5.41) is 0. The lowest BCUT2D eigenvalue weighted by molar-refractivity contribution is 0.0602. The summed E-state index contributed by atoms with van der Waals surface area (Å²) < 4.78 is 0. The molecule has 114 valence electrons. The van der Waals surface area contributed by atoms with E-state index >= 15 is 0 Å². The van der Waals surface area contributed by atoms with Crippen molar-refractivity contribution in [1.29, 1.82) is 0 Å². The Hall–Kier alpha value is -1.58. The van der Waals surface area contributed by atoms with Gasteiger partial charge in [0.15, 0.2) is 0 Å². The van der Waals surface area contributed by atoms with E-state index in [9.17, 15) is 4.79 Å². The molecule has 1 aromatic heterocycles. The molecule has 0 spiro atoms. The molecule has 0 bridgehead atoms. The summed E-state index contributed by atoms with van der Waals surface area (Å²) in [5.41, 5.74) is 1.76. The van der Waals surface area contributed by atoms with Gasteiger partial charge in [0.05, 0.1) is 0 Å². The van der Waals surface area contributed by atoms with Gasteiger partial charge in [0, 0.05) is 37.6 Å². The topological polar surface area (TPSA) is 36.4 Å². The highest BCUT2D eigenvalue weighted by atomic mass is 16.2. The molecule has 3 rings (SSSR count). The molecule has 4 nitrogen and oxygen atoms in total. The number of piperidine rings is 1. The van der Waals surface area contributed by atoms with E-state index in [1.807, 2.05) is 17.0 Å². The van der Waals surface area contributed by atoms with Crippen molar-refractivity contribution in [2.75, 3.05) is 24.5 Å². The predicted molar refractivity (Wildman–Crippen MR) is 84.7 cm³/mol. The van der Waals surface area contributed by atoms with Crippen LogP contribution in [-0.4, -0.2) is 41.5 Å². The largest absolute Gasteiger partial charge is 0.371 e. The van der Waals surface area contributed by atoms with E-state index in [4.69, 9.17) is 0 Å². The Labute approximate surface area is 127 Å². The van der Waals surface area contributed by atoms with Gasteiger partial charge in [-0.1, -0.05) is 6.92 Å². The number of rotatable bonds is 3. The van der Waals surface area contributed by atoms with Crippen molar-refractivity contribution in [3.05, 3.63) is 24.0 Å². The maximum atomic E-state index is 12.8. The molecule has 2 aliphatic heterocycles. The van der Waals surface area contributed by atoms with Crippen LogP contribution in [0.15, 0.2) is 18.3 Å². The van der Waals surface area contributed by atoms with E-state index in [-0.39, 0.29) is 5.91 Å². The molecule has 0 N–H and O–H groups in total. The third-order valence-electron chi connectivity index (χ3n) is 4.79. The van der Waals surface area contributed by atoms with Crippen molar-refractivity contribution in [2.24, 2.45) is 0 Å². The van der Waals surface area contributed by atoms with Crippen LogP contribution in [-0.2, 0) is 0 Å². The molecule has 1 unspecified atom stereocenters. The molecule has 1 aromatic rings. The average Bonchev–Trinajstić information content (AvgIpc) is 3.09. The van der Waals surface area contributed by atoms with Crippen molar-refractivity contribution in [2.45, 2.75) is 51.5 Å². The standard InChI is InChI=1S/C17H25N3O/c1-2-14-7-3-4-12-20(14)17(21)16-13-15(8-9-18-16)19-10-5-6-11-19/h8-9,13-14H,2-7,10-12H2,1H3. The van der Waals surface area contributed by atoms with Crippen LogP contribution >= 0.6 is 0 Å². The summed E-state index contributed by atoms with van der Waals surface area (Å²) in [5.74, 6) is 0.114. The van der Waals surface area contributed by atoms with Crippen LogP contribution < -0.4 is 4.90 Å². The van der Waals surface area contributed by atoms with Crippen molar-refractivity contribution in [3.63, 3.8) is 0 Å². The molecule has 1 amide bonds. The number of nitrogens with zero attached hydrogens (tertiary/aromatic N) is 3. The fraction of sp³-hybridized carbons (Fsp3) is 0.647. The van der Waals surface area contributed by atoms with E-state index < -0.39 is 0 Å². The van der Waals surface area contributed by atoms with Crippen LogP contribution in [0.2, 0.25) is 0 Å². The highest BCUT2D eigenvalue weighted by molar-refractivity contribution is 5.93. The number of carbonyl (C=O) groups is 1. The average molecular weight is 287 g/mol. The monoisotopic (exact) mass is 287 g/mol. The normalized spacial score (nSPS) is 22.6. The minimum absolute atomic E-state index is 0.114. The summed E-state index contributed by atoms with van der Waals surface area (Å²) in [7, 11) is 0. The highest BCUT2D eigenvalue weighted by Gasteiger charge is 2.27. The molecule has 4 heteroatoms. The molecule has 0 radical (unpaired) electrons. The van der Waals surface area contributed by atoms with E-state index in [0.29, 0.717) is 11.7 Å². The number of hydrogen-bond acceptors (Lipinski definition) is 3. The summed E-state index contributed by atoms with van der Waals surface area (Å²) in [6, 6.07) is 4.40. The molecular weight excluding hydrogens is 262 g/mol. The van der Waals surface area contributed by atoms with Crippen LogP contribution in [0.4, 0.5) is 5.69 Å². The molecule has 3 heterocycles. The van der Waals surface area contributed by atoms with Crippen molar-refractivity contribution in [3.8, 4) is 0 Å². The Kier molecular flexibility index (Phi) is 4.42. The smallest absolute Gasteiger partial charge is 0.272 e. The second-order valence-corrected chi connectivity index (χ2v) is 6.15. The van der Waals surface area contributed by atoms with Gasteiger partial charge in [0.1, 0.15) is 5.69 Å². The zero-order valence-corrected chi connectivity index (χ0v) is 12.9.